The first kappa shape index (κ1) is 13.5. The van der Waals surface area contributed by atoms with E-state index in [0.717, 1.165) is 0 Å². The molecule has 0 saturated carbocycles. The summed E-state index contributed by atoms with van der Waals surface area (Å²) in [6.45, 7) is 1.64. The third-order valence-electron chi connectivity index (χ3n) is 2.75. The molecule has 9 heteroatoms. The van der Waals surface area contributed by atoms with Gasteiger partial charge in [0.2, 0.25) is 0 Å². The maximum absolute atomic E-state index is 11.9. The average molecular weight is 293 g/mol. The third kappa shape index (κ3) is 3.09. The summed E-state index contributed by atoms with van der Waals surface area (Å²) in [7, 11) is -6.86. The summed E-state index contributed by atoms with van der Waals surface area (Å²) in [4.78, 5) is 6.43. The zero-order valence-electron chi connectivity index (χ0n) is 9.88. The zero-order valence-corrected chi connectivity index (χ0v) is 11.5. The zero-order chi connectivity index (χ0) is 13.4. The molecule has 1 aliphatic heterocycles. The average Bonchev–Trinajstić information content (AvgIpc) is 2.63. The summed E-state index contributed by atoms with van der Waals surface area (Å²) in [5.74, 6) is 0.486. The largest absolute Gasteiger partial charge is 0.332 e. The van der Waals surface area contributed by atoms with Gasteiger partial charge < -0.3 is 4.98 Å². The van der Waals surface area contributed by atoms with E-state index in [1.165, 1.54) is 6.20 Å². The van der Waals surface area contributed by atoms with Gasteiger partial charge in [-0.25, -0.2) is 26.5 Å². The minimum atomic E-state index is -3.72. The number of sulfone groups is 1. The first-order valence-corrected chi connectivity index (χ1v) is 8.83. The molecule has 1 atom stereocenters. The predicted molar refractivity (Wildman–Crippen MR) is 65.3 cm³/mol. The molecule has 1 aromatic heterocycles. The van der Waals surface area contributed by atoms with Crippen molar-refractivity contribution in [2.45, 2.75) is 30.8 Å². The fraction of sp³-hybridized carbons (Fsp3) is 0.667. The highest BCUT2D eigenvalue weighted by Gasteiger charge is 2.29. The molecule has 18 heavy (non-hydrogen) atoms. The van der Waals surface area contributed by atoms with Crippen molar-refractivity contribution in [2.75, 3.05) is 11.5 Å². The summed E-state index contributed by atoms with van der Waals surface area (Å²) >= 11 is 0. The smallest absolute Gasteiger partial charge is 0.257 e. The van der Waals surface area contributed by atoms with Crippen LogP contribution in [-0.2, 0) is 19.9 Å². The highest BCUT2D eigenvalue weighted by Crippen LogP contribution is 2.15. The number of imidazole rings is 1. The fourth-order valence-electron chi connectivity index (χ4n) is 1.93. The van der Waals surface area contributed by atoms with Gasteiger partial charge in [-0.05, 0) is 19.8 Å². The van der Waals surface area contributed by atoms with Gasteiger partial charge in [-0.2, -0.15) is 0 Å². The third-order valence-corrected chi connectivity index (χ3v) is 6.00. The number of nitrogens with zero attached hydrogens (tertiary/aromatic N) is 1. The molecule has 102 valence electrons. The molecule has 0 aromatic carbocycles. The molecule has 0 amide bonds. The molecule has 1 unspecified atom stereocenters. The van der Waals surface area contributed by atoms with Crippen LogP contribution in [0.5, 0.6) is 0 Å². The number of hydrogen-bond donors (Lipinski definition) is 2. The first-order valence-electron chi connectivity index (χ1n) is 5.53. The molecule has 1 aromatic rings. The maximum atomic E-state index is 11.9. The molecule has 0 spiro atoms. The lowest BCUT2D eigenvalue weighted by molar-refractivity contribution is 0.516. The molecule has 2 N–H and O–H groups in total. The Morgan fingerprint density at radius 3 is 2.78 bits per heavy atom. The van der Waals surface area contributed by atoms with Crippen LogP contribution in [0.2, 0.25) is 0 Å². The van der Waals surface area contributed by atoms with E-state index in [9.17, 15) is 16.8 Å². The van der Waals surface area contributed by atoms with Crippen LogP contribution in [0, 0.1) is 6.92 Å². The van der Waals surface area contributed by atoms with Crippen LogP contribution in [0.3, 0.4) is 0 Å². The number of nitrogens with one attached hydrogen (secondary N) is 2. The van der Waals surface area contributed by atoms with Crippen LogP contribution in [0.4, 0.5) is 0 Å². The minimum absolute atomic E-state index is 0.0389. The highest BCUT2D eigenvalue weighted by atomic mass is 32.2. The Balaban J connectivity index is 2.14. The second-order valence-electron chi connectivity index (χ2n) is 4.41. The van der Waals surface area contributed by atoms with Crippen LogP contribution < -0.4 is 4.72 Å². The Bertz CT molecular complexity index is 633. The van der Waals surface area contributed by atoms with Crippen molar-refractivity contribution in [2.24, 2.45) is 0 Å². The lowest BCUT2D eigenvalue weighted by atomic mass is 10.2. The van der Waals surface area contributed by atoms with Crippen molar-refractivity contribution >= 4 is 19.9 Å². The Kier molecular flexibility index (Phi) is 3.47. The SMILES string of the molecule is Cc1ncc(S(=O)(=O)NC2CCCS(=O)(=O)C2)[nH]1. The van der Waals surface area contributed by atoms with E-state index in [-0.39, 0.29) is 16.5 Å². The Hall–Kier alpha value is -0.930. The van der Waals surface area contributed by atoms with Gasteiger partial charge in [-0.1, -0.05) is 0 Å². The van der Waals surface area contributed by atoms with E-state index < -0.39 is 25.9 Å². The first-order chi connectivity index (χ1) is 8.28. The van der Waals surface area contributed by atoms with Gasteiger partial charge in [-0.15, -0.1) is 0 Å². The van der Waals surface area contributed by atoms with Gasteiger partial charge in [0.1, 0.15) is 5.82 Å². The molecular weight excluding hydrogens is 278 g/mol. The second-order valence-corrected chi connectivity index (χ2v) is 8.32. The lowest BCUT2D eigenvalue weighted by Gasteiger charge is -2.22. The predicted octanol–water partition coefficient (Wildman–Crippen LogP) is -0.426. The highest BCUT2D eigenvalue weighted by molar-refractivity contribution is 7.91. The van der Waals surface area contributed by atoms with Gasteiger partial charge in [0, 0.05) is 6.04 Å². The summed E-state index contributed by atoms with van der Waals surface area (Å²) < 4.78 is 49.2. The molecule has 7 nitrogen and oxygen atoms in total. The van der Waals surface area contributed by atoms with Crippen molar-refractivity contribution in [1.29, 1.82) is 0 Å². The van der Waals surface area contributed by atoms with Crippen LogP contribution >= 0.6 is 0 Å². The standard InChI is InChI=1S/C9H15N3O4S2/c1-7-10-5-9(11-7)18(15,16)12-8-3-2-4-17(13,14)6-8/h5,8,12H,2-4,6H2,1H3,(H,10,11). The molecular formula is C9H15N3O4S2. The second kappa shape index (κ2) is 4.63. The van der Waals surface area contributed by atoms with E-state index in [1.54, 1.807) is 6.92 Å². The van der Waals surface area contributed by atoms with Crippen molar-refractivity contribution in [3.63, 3.8) is 0 Å². The monoisotopic (exact) mass is 293 g/mol. The molecule has 2 heterocycles. The number of rotatable bonds is 3. The normalized spacial score (nSPS) is 23.9. The van der Waals surface area contributed by atoms with Crippen LogP contribution in [0.15, 0.2) is 11.2 Å². The van der Waals surface area contributed by atoms with Crippen LogP contribution in [0.1, 0.15) is 18.7 Å². The van der Waals surface area contributed by atoms with Crippen LogP contribution in [-0.4, -0.2) is 44.4 Å². The molecule has 1 fully saturated rings. The molecule has 1 aliphatic rings. The molecule has 0 bridgehead atoms. The van der Waals surface area contributed by atoms with Gasteiger partial charge >= 0.3 is 0 Å². The number of hydrogen-bond acceptors (Lipinski definition) is 5. The summed E-state index contributed by atoms with van der Waals surface area (Å²) in [6.07, 6.45) is 2.23. The van der Waals surface area contributed by atoms with E-state index in [1.807, 2.05) is 0 Å². The molecule has 1 saturated heterocycles. The summed E-state index contributed by atoms with van der Waals surface area (Å²) in [6, 6.07) is -0.558. The number of aryl methyl sites for hydroxylation is 1. The number of aromatic amines is 1. The lowest BCUT2D eigenvalue weighted by Crippen LogP contribution is -2.43. The quantitative estimate of drug-likeness (QED) is 0.786. The molecule has 0 radical (unpaired) electrons. The van der Waals surface area contributed by atoms with Crippen molar-refractivity contribution in [3.8, 4) is 0 Å². The Morgan fingerprint density at radius 2 is 2.22 bits per heavy atom. The summed E-state index contributed by atoms with van der Waals surface area (Å²) in [5, 5.41) is -0.0389. The van der Waals surface area contributed by atoms with E-state index in [0.29, 0.717) is 18.7 Å². The Labute approximate surface area is 106 Å². The number of H-pyrrole nitrogens is 1. The van der Waals surface area contributed by atoms with Crippen molar-refractivity contribution in [1.82, 2.24) is 14.7 Å². The van der Waals surface area contributed by atoms with Crippen molar-refractivity contribution < 1.29 is 16.8 Å². The fourth-order valence-corrected chi connectivity index (χ4v) is 4.92. The molecule has 0 aliphatic carbocycles. The molecule has 2 rings (SSSR count). The number of sulfonamides is 1. The minimum Gasteiger partial charge on any atom is -0.332 e. The van der Waals surface area contributed by atoms with E-state index in [4.69, 9.17) is 0 Å². The van der Waals surface area contributed by atoms with Gasteiger partial charge in [0.05, 0.1) is 17.7 Å². The Morgan fingerprint density at radius 1 is 1.50 bits per heavy atom. The summed E-state index contributed by atoms with van der Waals surface area (Å²) in [5.41, 5.74) is 0. The van der Waals surface area contributed by atoms with Gasteiger partial charge in [0.15, 0.2) is 14.9 Å². The van der Waals surface area contributed by atoms with Crippen LogP contribution in [0.25, 0.3) is 0 Å². The number of aromatic nitrogens is 2. The van der Waals surface area contributed by atoms with Gasteiger partial charge in [-0.3, -0.25) is 0 Å². The van der Waals surface area contributed by atoms with Crippen molar-refractivity contribution in [3.05, 3.63) is 12.0 Å². The van der Waals surface area contributed by atoms with E-state index in [2.05, 4.69) is 14.7 Å². The topological polar surface area (TPSA) is 109 Å². The van der Waals surface area contributed by atoms with Gasteiger partial charge in [0.25, 0.3) is 10.0 Å². The van der Waals surface area contributed by atoms with E-state index >= 15 is 0 Å². The maximum Gasteiger partial charge on any atom is 0.257 e.